The normalized spacial score (nSPS) is 10.8. The SMILES string of the molecule is COCOc1cc(OCOC)c(-c2noc(C)c2-c2ccc(OC)cc2)cc1Br. The molecule has 3 rings (SSSR count). The van der Waals surface area contributed by atoms with Crippen molar-refractivity contribution in [2.45, 2.75) is 6.92 Å². The first-order valence-corrected chi connectivity index (χ1v) is 9.56. The van der Waals surface area contributed by atoms with E-state index in [2.05, 4.69) is 21.1 Å². The van der Waals surface area contributed by atoms with E-state index in [0.29, 0.717) is 23.0 Å². The first kappa shape index (κ1) is 21.2. The van der Waals surface area contributed by atoms with Gasteiger partial charge < -0.3 is 28.2 Å². The van der Waals surface area contributed by atoms with Crippen LogP contribution in [0.25, 0.3) is 22.4 Å². The summed E-state index contributed by atoms with van der Waals surface area (Å²) in [5.41, 5.74) is 3.21. The van der Waals surface area contributed by atoms with Crippen LogP contribution in [0.3, 0.4) is 0 Å². The third kappa shape index (κ3) is 4.72. The second-order valence-electron chi connectivity index (χ2n) is 6.07. The molecule has 0 aliphatic carbocycles. The van der Waals surface area contributed by atoms with Gasteiger partial charge in [-0.1, -0.05) is 17.3 Å². The summed E-state index contributed by atoms with van der Waals surface area (Å²) in [5, 5.41) is 4.29. The average molecular weight is 464 g/mol. The van der Waals surface area contributed by atoms with Gasteiger partial charge in [0, 0.05) is 25.8 Å². The van der Waals surface area contributed by atoms with Crippen LogP contribution in [-0.2, 0) is 9.47 Å². The van der Waals surface area contributed by atoms with Crippen LogP contribution in [0, 0.1) is 6.92 Å². The van der Waals surface area contributed by atoms with E-state index < -0.39 is 0 Å². The third-order valence-electron chi connectivity index (χ3n) is 4.20. The Morgan fingerprint density at radius 1 is 0.931 bits per heavy atom. The fourth-order valence-corrected chi connectivity index (χ4v) is 3.31. The summed E-state index contributed by atoms with van der Waals surface area (Å²) < 4.78 is 33.0. The van der Waals surface area contributed by atoms with Crippen LogP contribution in [0.5, 0.6) is 17.2 Å². The van der Waals surface area contributed by atoms with E-state index in [1.165, 1.54) is 0 Å². The van der Waals surface area contributed by atoms with Crippen molar-refractivity contribution in [3.05, 3.63) is 46.6 Å². The molecule has 0 unspecified atom stereocenters. The van der Waals surface area contributed by atoms with Gasteiger partial charge in [0.05, 0.1) is 17.1 Å². The first-order chi connectivity index (χ1) is 14.1. The molecule has 0 aliphatic heterocycles. The molecule has 0 saturated heterocycles. The molecule has 2 aromatic carbocycles. The van der Waals surface area contributed by atoms with Crippen LogP contribution in [0.4, 0.5) is 0 Å². The highest BCUT2D eigenvalue weighted by molar-refractivity contribution is 9.10. The van der Waals surface area contributed by atoms with Gasteiger partial charge in [-0.2, -0.15) is 0 Å². The summed E-state index contributed by atoms with van der Waals surface area (Å²) in [6.07, 6.45) is 0. The minimum atomic E-state index is 0.0764. The van der Waals surface area contributed by atoms with Crippen molar-refractivity contribution in [2.75, 3.05) is 34.9 Å². The number of aromatic nitrogens is 1. The molecule has 0 bridgehead atoms. The van der Waals surface area contributed by atoms with Crippen molar-refractivity contribution in [3.63, 3.8) is 0 Å². The van der Waals surface area contributed by atoms with Gasteiger partial charge in [0.1, 0.15) is 28.7 Å². The largest absolute Gasteiger partial charge is 0.497 e. The van der Waals surface area contributed by atoms with Crippen LogP contribution >= 0.6 is 15.9 Å². The van der Waals surface area contributed by atoms with Gasteiger partial charge in [0.2, 0.25) is 0 Å². The number of aryl methyl sites for hydroxylation is 1. The second kappa shape index (κ2) is 9.78. The molecule has 1 heterocycles. The van der Waals surface area contributed by atoms with Crippen LogP contribution in [0.2, 0.25) is 0 Å². The Kier molecular flexibility index (Phi) is 7.13. The molecule has 1 aromatic heterocycles. The summed E-state index contributed by atoms with van der Waals surface area (Å²) in [4.78, 5) is 0. The zero-order valence-corrected chi connectivity index (χ0v) is 18.2. The van der Waals surface area contributed by atoms with Crippen molar-refractivity contribution >= 4 is 15.9 Å². The number of hydrogen-bond acceptors (Lipinski definition) is 7. The minimum Gasteiger partial charge on any atom is -0.497 e. The van der Waals surface area contributed by atoms with Crippen molar-refractivity contribution in [1.29, 1.82) is 0 Å². The molecule has 0 N–H and O–H groups in total. The number of benzene rings is 2. The Labute approximate surface area is 177 Å². The number of rotatable bonds is 9. The molecule has 0 saturated carbocycles. The van der Waals surface area contributed by atoms with Crippen molar-refractivity contribution in [3.8, 4) is 39.6 Å². The number of nitrogens with zero attached hydrogens (tertiary/aromatic N) is 1. The van der Waals surface area contributed by atoms with E-state index in [9.17, 15) is 0 Å². The molecule has 0 aliphatic rings. The monoisotopic (exact) mass is 463 g/mol. The van der Waals surface area contributed by atoms with E-state index in [1.54, 1.807) is 27.4 Å². The molecule has 0 amide bonds. The van der Waals surface area contributed by atoms with Crippen LogP contribution in [0.1, 0.15) is 5.76 Å². The van der Waals surface area contributed by atoms with E-state index in [1.807, 2.05) is 37.3 Å². The molecule has 3 aromatic rings. The van der Waals surface area contributed by atoms with Gasteiger partial charge in [-0.15, -0.1) is 0 Å². The molecule has 8 heteroatoms. The quantitative estimate of drug-likeness (QED) is 0.410. The maximum absolute atomic E-state index is 5.79. The number of ether oxygens (including phenoxy) is 5. The highest BCUT2D eigenvalue weighted by Gasteiger charge is 2.22. The Balaban J connectivity index is 2.10. The molecule has 0 radical (unpaired) electrons. The summed E-state index contributed by atoms with van der Waals surface area (Å²) >= 11 is 3.54. The Morgan fingerprint density at radius 3 is 2.21 bits per heavy atom. The Hall–Kier alpha value is -2.55. The summed E-state index contributed by atoms with van der Waals surface area (Å²) in [6, 6.07) is 11.3. The lowest BCUT2D eigenvalue weighted by molar-refractivity contribution is 0.0459. The fourth-order valence-electron chi connectivity index (χ4n) is 2.85. The van der Waals surface area contributed by atoms with Gasteiger partial charge in [-0.25, -0.2) is 0 Å². The maximum Gasteiger partial charge on any atom is 0.188 e. The highest BCUT2D eigenvalue weighted by Crippen LogP contribution is 2.43. The lowest BCUT2D eigenvalue weighted by atomic mass is 9.98. The van der Waals surface area contributed by atoms with Gasteiger partial charge in [-0.3, -0.25) is 0 Å². The zero-order chi connectivity index (χ0) is 20.8. The van der Waals surface area contributed by atoms with E-state index in [-0.39, 0.29) is 13.6 Å². The molecule has 154 valence electrons. The van der Waals surface area contributed by atoms with Gasteiger partial charge in [-0.05, 0) is 46.6 Å². The smallest absolute Gasteiger partial charge is 0.188 e. The van der Waals surface area contributed by atoms with Crippen molar-refractivity contribution < 1.29 is 28.2 Å². The highest BCUT2D eigenvalue weighted by atomic mass is 79.9. The zero-order valence-electron chi connectivity index (χ0n) is 16.7. The number of hydrogen-bond donors (Lipinski definition) is 0. The average Bonchev–Trinajstić information content (AvgIpc) is 3.12. The van der Waals surface area contributed by atoms with Crippen LogP contribution in [-0.4, -0.2) is 40.1 Å². The summed E-state index contributed by atoms with van der Waals surface area (Å²) in [5.74, 6) is 2.59. The Bertz CT molecular complexity index is 955. The van der Waals surface area contributed by atoms with Crippen LogP contribution < -0.4 is 14.2 Å². The van der Waals surface area contributed by atoms with E-state index >= 15 is 0 Å². The summed E-state index contributed by atoms with van der Waals surface area (Å²) in [7, 11) is 4.75. The number of halogens is 1. The topological polar surface area (TPSA) is 72.2 Å². The second-order valence-corrected chi connectivity index (χ2v) is 6.93. The van der Waals surface area contributed by atoms with E-state index in [4.69, 9.17) is 28.2 Å². The standard InChI is InChI=1S/C21H22BrNO6/c1-13-20(14-5-7-15(26-4)8-6-14)21(23-29-13)16-9-17(22)19(28-12-25-3)10-18(16)27-11-24-2/h5-10H,11-12H2,1-4H3. The van der Waals surface area contributed by atoms with Crippen LogP contribution in [0.15, 0.2) is 45.4 Å². The number of methoxy groups -OCH3 is 3. The lowest BCUT2D eigenvalue weighted by Crippen LogP contribution is -2.03. The Morgan fingerprint density at radius 2 is 1.59 bits per heavy atom. The predicted octanol–water partition coefficient (Wildman–Crippen LogP) is 5.05. The molecular weight excluding hydrogens is 442 g/mol. The minimum absolute atomic E-state index is 0.0764. The molecule has 0 fully saturated rings. The maximum atomic E-state index is 5.79. The fraction of sp³-hybridized carbons (Fsp3) is 0.286. The molecule has 0 atom stereocenters. The van der Waals surface area contributed by atoms with Gasteiger partial charge in [0.15, 0.2) is 13.6 Å². The third-order valence-corrected chi connectivity index (χ3v) is 4.81. The van der Waals surface area contributed by atoms with Gasteiger partial charge in [0.25, 0.3) is 0 Å². The lowest BCUT2D eigenvalue weighted by Gasteiger charge is -2.14. The van der Waals surface area contributed by atoms with E-state index in [0.717, 1.165) is 26.9 Å². The first-order valence-electron chi connectivity index (χ1n) is 8.77. The summed E-state index contributed by atoms with van der Waals surface area (Å²) in [6.45, 7) is 2.06. The molecule has 0 spiro atoms. The molecule has 7 nitrogen and oxygen atoms in total. The molecular formula is C21H22BrNO6. The van der Waals surface area contributed by atoms with Gasteiger partial charge >= 0.3 is 0 Å². The van der Waals surface area contributed by atoms with Crippen molar-refractivity contribution in [2.24, 2.45) is 0 Å². The van der Waals surface area contributed by atoms with Crippen molar-refractivity contribution in [1.82, 2.24) is 5.16 Å². The molecule has 29 heavy (non-hydrogen) atoms. The predicted molar refractivity (Wildman–Crippen MR) is 111 cm³/mol.